The van der Waals surface area contributed by atoms with Crippen molar-refractivity contribution in [3.8, 4) is 0 Å². The van der Waals surface area contributed by atoms with Gasteiger partial charge in [-0.05, 0) is 36.2 Å². The third-order valence-corrected chi connectivity index (χ3v) is 4.80. The van der Waals surface area contributed by atoms with Gasteiger partial charge in [-0.2, -0.15) is 0 Å². The summed E-state index contributed by atoms with van der Waals surface area (Å²) in [5.41, 5.74) is 2.75. The predicted molar refractivity (Wildman–Crippen MR) is 83.1 cm³/mol. The summed E-state index contributed by atoms with van der Waals surface area (Å²) in [6, 6.07) is 13.8. The Labute approximate surface area is 128 Å². The van der Waals surface area contributed by atoms with Crippen molar-refractivity contribution in [2.75, 3.05) is 11.9 Å². The van der Waals surface area contributed by atoms with Gasteiger partial charge in [0.15, 0.2) is 0 Å². The minimum Gasteiger partial charge on any atom is -0.375 e. The van der Waals surface area contributed by atoms with Gasteiger partial charge in [-0.15, -0.1) is 0 Å². The molecule has 0 radical (unpaired) electrons. The summed E-state index contributed by atoms with van der Waals surface area (Å²) in [5, 5.41) is 7.37. The minimum atomic E-state index is -0.273. The fourth-order valence-electron chi connectivity index (χ4n) is 3.67. The average Bonchev–Trinajstić information content (AvgIpc) is 2.97. The first kappa shape index (κ1) is 13.1. The lowest BCUT2D eigenvalue weighted by atomic mass is 9.80. The van der Waals surface area contributed by atoms with Crippen molar-refractivity contribution in [3.63, 3.8) is 0 Å². The summed E-state index contributed by atoms with van der Waals surface area (Å²) in [7, 11) is 0. The first-order valence-electron chi connectivity index (χ1n) is 7.28. The van der Waals surface area contributed by atoms with Crippen LogP contribution in [0, 0.1) is 11.7 Å². The lowest BCUT2D eigenvalue weighted by molar-refractivity contribution is 0.387. The first-order chi connectivity index (χ1) is 10.2. The molecule has 2 nitrogen and oxygen atoms in total. The van der Waals surface area contributed by atoms with Crippen LogP contribution in [0.4, 0.5) is 10.1 Å². The van der Waals surface area contributed by atoms with Crippen molar-refractivity contribution in [3.05, 3.63) is 64.4 Å². The topological polar surface area (TPSA) is 24.1 Å². The highest BCUT2D eigenvalue weighted by Crippen LogP contribution is 2.48. The van der Waals surface area contributed by atoms with Crippen LogP contribution in [0.3, 0.4) is 0 Å². The molecule has 2 aliphatic rings. The second-order valence-electron chi connectivity index (χ2n) is 5.77. The lowest BCUT2D eigenvalue weighted by Gasteiger charge is -2.37. The number of hydrogen-bond acceptors (Lipinski definition) is 2. The lowest BCUT2D eigenvalue weighted by Crippen LogP contribution is -2.32. The minimum absolute atomic E-state index is 0.134. The van der Waals surface area contributed by atoms with Crippen LogP contribution in [0.15, 0.2) is 42.5 Å². The molecule has 0 bridgehead atoms. The number of anilines is 1. The van der Waals surface area contributed by atoms with Crippen LogP contribution in [0.5, 0.6) is 0 Å². The van der Waals surface area contributed by atoms with Crippen molar-refractivity contribution in [1.82, 2.24) is 5.32 Å². The molecule has 3 atom stereocenters. The molecule has 3 unspecified atom stereocenters. The molecule has 1 fully saturated rings. The Morgan fingerprint density at radius 1 is 1.10 bits per heavy atom. The van der Waals surface area contributed by atoms with Crippen molar-refractivity contribution in [2.24, 2.45) is 5.92 Å². The summed E-state index contributed by atoms with van der Waals surface area (Å²) in [5.74, 6) is 0.142. The van der Waals surface area contributed by atoms with Crippen molar-refractivity contribution >= 4 is 17.3 Å². The Balaban J connectivity index is 1.83. The summed E-state index contributed by atoms with van der Waals surface area (Å²) in [4.78, 5) is 0. The van der Waals surface area contributed by atoms with Crippen molar-refractivity contribution in [1.29, 1.82) is 0 Å². The molecule has 108 valence electrons. The maximum atomic E-state index is 14.3. The molecule has 21 heavy (non-hydrogen) atoms. The monoisotopic (exact) mass is 302 g/mol. The molecule has 1 saturated heterocycles. The zero-order chi connectivity index (χ0) is 14.4. The maximum Gasteiger partial charge on any atom is 0.148 e. The van der Waals surface area contributed by atoms with Gasteiger partial charge in [-0.25, -0.2) is 4.39 Å². The fraction of sp³-hybridized carbons (Fsp3) is 0.294. The van der Waals surface area contributed by atoms with Gasteiger partial charge in [0, 0.05) is 17.0 Å². The van der Waals surface area contributed by atoms with E-state index >= 15 is 0 Å². The highest BCUT2D eigenvalue weighted by Gasteiger charge is 2.41. The van der Waals surface area contributed by atoms with Crippen LogP contribution in [-0.4, -0.2) is 6.54 Å². The zero-order valence-electron chi connectivity index (χ0n) is 11.4. The van der Waals surface area contributed by atoms with Crippen LogP contribution < -0.4 is 10.6 Å². The van der Waals surface area contributed by atoms with E-state index in [2.05, 4.69) is 22.8 Å². The van der Waals surface area contributed by atoms with E-state index in [0.717, 1.165) is 18.5 Å². The zero-order valence-corrected chi connectivity index (χ0v) is 12.2. The Morgan fingerprint density at radius 2 is 1.90 bits per heavy atom. The second kappa shape index (κ2) is 5.00. The van der Waals surface area contributed by atoms with E-state index in [-0.39, 0.29) is 17.9 Å². The van der Waals surface area contributed by atoms with E-state index in [1.54, 1.807) is 0 Å². The van der Waals surface area contributed by atoms with E-state index in [0.29, 0.717) is 16.6 Å². The molecule has 2 aromatic rings. The summed E-state index contributed by atoms with van der Waals surface area (Å²) in [6.07, 6.45) is 1.07. The molecule has 0 aromatic heterocycles. The Bertz CT molecular complexity index is 674. The molecular weight excluding hydrogens is 287 g/mol. The molecule has 4 heteroatoms. The largest absolute Gasteiger partial charge is 0.375 e. The molecule has 2 heterocycles. The standard InChI is InChI=1S/C17H16ClFN2/c18-11-8-13-16-12(6-7-20-16)15(10-4-2-1-3-5-10)21-17(13)14(19)9-11/h1-5,8-9,12,15-16,20-21H,6-7H2. The molecule has 0 amide bonds. The van der Waals surface area contributed by atoms with Gasteiger partial charge < -0.3 is 10.6 Å². The average molecular weight is 303 g/mol. The molecular formula is C17H16ClFN2. The normalized spacial score (nSPS) is 26.9. The van der Waals surface area contributed by atoms with Crippen LogP contribution >= 0.6 is 11.6 Å². The smallest absolute Gasteiger partial charge is 0.148 e. The Hall–Kier alpha value is -1.58. The summed E-state index contributed by atoms with van der Waals surface area (Å²) >= 11 is 6.03. The summed E-state index contributed by atoms with van der Waals surface area (Å²) in [6.45, 7) is 0.952. The Morgan fingerprint density at radius 3 is 2.71 bits per heavy atom. The van der Waals surface area contributed by atoms with Crippen molar-refractivity contribution < 1.29 is 4.39 Å². The number of benzene rings is 2. The first-order valence-corrected chi connectivity index (χ1v) is 7.65. The highest BCUT2D eigenvalue weighted by atomic mass is 35.5. The number of hydrogen-bond donors (Lipinski definition) is 2. The number of nitrogens with one attached hydrogen (secondary N) is 2. The molecule has 0 saturated carbocycles. The van der Waals surface area contributed by atoms with E-state index in [4.69, 9.17) is 11.6 Å². The second-order valence-corrected chi connectivity index (χ2v) is 6.21. The van der Waals surface area contributed by atoms with Crippen molar-refractivity contribution in [2.45, 2.75) is 18.5 Å². The molecule has 2 aromatic carbocycles. The molecule has 0 spiro atoms. The van der Waals surface area contributed by atoms with Gasteiger partial charge in [0.1, 0.15) is 5.82 Å². The fourth-order valence-corrected chi connectivity index (χ4v) is 3.88. The third-order valence-electron chi connectivity index (χ3n) is 4.58. The van der Waals surface area contributed by atoms with Gasteiger partial charge in [0.2, 0.25) is 0 Å². The molecule has 2 N–H and O–H groups in total. The molecule has 0 aliphatic carbocycles. The van der Waals surface area contributed by atoms with Crippen LogP contribution in [0.1, 0.15) is 29.6 Å². The van der Waals surface area contributed by atoms with E-state index in [1.165, 1.54) is 11.6 Å². The van der Waals surface area contributed by atoms with E-state index < -0.39 is 0 Å². The quantitative estimate of drug-likeness (QED) is 0.821. The van der Waals surface area contributed by atoms with Gasteiger partial charge in [-0.3, -0.25) is 0 Å². The van der Waals surface area contributed by atoms with Gasteiger partial charge in [-0.1, -0.05) is 41.9 Å². The SMILES string of the molecule is Fc1cc(Cl)cc2c1NC(c1ccccc1)C1CCNC21. The van der Waals surface area contributed by atoms with E-state index in [9.17, 15) is 4.39 Å². The molecule has 2 aliphatic heterocycles. The Kier molecular flexibility index (Phi) is 3.12. The summed E-state index contributed by atoms with van der Waals surface area (Å²) < 4.78 is 14.3. The van der Waals surface area contributed by atoms with Crippen LogP contribution in [0.25, 0.3) is 0 Å². The number of rotatable bonds is 1. The van der Waals surface area contributed by atoms with Gasteiger partial charge >= 0.3 is 0 Å². The third kappa shape index (κ3) is 2.12. The number of halogens is 2. The maximum absolute atomic E-state index is 14.3. The van der Waals surface area contributed by atoms with Crippen LogP contribution in [0.2, 0.25) is 5.02 Å². The highest BCUT2D eigenvalue weighted by molar-refractivity contribution is 6.30. The van der Waals surface area contributed by atoms with Gasteiger partial charge in [0.25, 0.3) is 0 Å². The van der Waals surface area contributed by atoms with Gasteiger partial charge in [0.05, 0.1) is 11.7 Å². The number of fused-ring (bicyclic) bond motifs is 3. The van der Waals surface area contributed by atoms with Crippen LogP contribution in [-0.2, 0) is 0 Å². The van der Waals surface area contributed by atoms with E-state index in [1.807, 2.05) is 24.3 Å². The predicted octanol–water partition coefficient (Wildman–Crippen LogP) is 4.30. The molecule has 4 rings (SSSR count).